The van der Waals surface area contributed by atoms with E-state index in [-0.39, 0.29) is 0 Å². The van der Waals surface area contributed by atoms with Gasteiger partial charge in [0.25, 0.3) is 0 Å². The van der Waals surface area contributed by atoms with E-state index in [1.54, 1.807) is 0 Å². The van der Waals surface area contributed by atoms with Gasteiger partial charge in [-0.25, -0.2) is 8.42 Å². The Kier molecular flexibility index (Phi) is 7.75. The molecule has 0 aliphatic carbocycles. The van der Waals surface area contributed by atoms with Crippen LogP contribution in [0.25, 0.3) is 0 Å². The molecule has 200 valence electrons. The zero-order chi connectivity index (χ0) is 27.5. The molecule has 0 atom stereocenters. The fourth-order valence-electron chi connectivity index (χ4n) is 1.66. The number of halogens is 18. The molecule has 2 N–H and O–H groups in total. The van der Waals surface area contributed by atoms with Crippen molar-refractivity contribution in [3.8, 4) is 0 Å². The average Bonchev–Trinajstić information content (AvgIpc) is 2.59. The Labute approximate surface area is 169 Å². The van der Waals surface area contributed by atoms with E-state index in [0.717, 1.165) is 0 Å². The maximum Gasteiger partial charge on any atom is 0.460 e. The van der Waals surface area contributed by atoms with Crippen LogP contribution in [-0.4, -0.2) is 73.0 Å². The molecule has 0 rings (SSSR count). The van der Waals surface area contributed by atoms with E-state index in [9.17, 15) is 87.5 Å². The molecule has 0 amide bonds. The highest BCUT2D eigenvalue weighted by Gasteiger charge is 2.96. The first-order valence-electron chi connectivity index (χ1n) is 7.08. The lowest BCUT2D eigenvalue weighted by atomic mass is 9.91. The van der Waals surface area contributed by atoms with Crippen molar-refractivity contribution < 1.29 is 87.5 Å². The van der Waals surface area contributed by atoms with E-state index in [2.05, 4.69) is 5.73 Å². The van der Waals surface area contributed by atoms with Crippen molar-refractivity contribution in [2.24, 2.45) is 5.73 Å². The van der Waals surface area contributed by atoms with Gasteiger partial charge in [0, 0.05) is 6.54 Å². The summed E-state index contributed by atoms with van der Waals surface area (Å²) in [5, 5.41) is -7.92. The maximum absolute atomic E-state index is 13.5. The van der Waals surface area contributed by atoms with E-state index in [4.69, 9.17) is 0 Å². The van der Waals surface area contributed by atoms with Gasteiger partial charge >= 0.3 is 57.0 Å². The second-order valence-corrected chi connectivity index (χ2v) is 7.62. The summed E-state index contributed by atoms with van der Waals surface area (Å²) in [5.41, 5.74) is 4.42. The van der Waals surface area contributed by atoms with Crippen LogP contribution in [0.1, 0.15) is 0 Å². The van der Waals surface area contributed by atoms with E-state index < -0.39 is 74.6 Å². The van der Waals surface area contributed by atoms with Gasteiger partial charge in [-0.3, -0.25) is 0 Å². The summed E-state index contributed by atoms with van der Waals surface area (Å²) < 4.78 is 253. The molecular weight excluding hydrogens is 554 g/mol. The van der Waals surface area contributed by atoms with Crippen molar-refractivity contribution >= 4 is 10.0 Å². The smallest absolute Gasteiger partial charge is 0.329 e. The lowest BCUT2D eigenvalue weighted by Gasteiger charge is -2.42. The van der Waals surface area contributed by atoms with Gasteiger partial charge in [-0.05, 0) is 4.53 Å². The normalized spacial score (nSPS) is 16.5. The van der Waals surface area contributed by atoms with Crippen LogP contribution in [0.3, 0.4) is 0 Å². The lowest BCUT2D eigenvalue weighted by molar-refractivity contribution is -0.458. The minimum absolute atomic E-state index is 1.39. The molecular formula is C10H6F18N2O2S. The van der Waals surface area contributed by atoms with Gasteiger partial charge in [-0.1, -0.05) is 0 Å². The Bertz CT molecular complexity index is 819. The second-order valence-electron chi connectivity index (χ2n) is 5.77. The van der Waals surface area contributed by atoms with Gasteiger partial charge in [-0.15, -0.1) is 4.48 Å². The first kappa shape index (κ1) is 31.6. The first-order chi connectivity index (χ1) is 14.0. The van der Waals surface area contributed by atoms with Gasteiger partial charge in [0.2, 0.25) is 0 Å². The number of nitrogens with two attached hydrogens (primary N) is 1. The second kappa shape index (κ2) is 8.09. The molecule has 0 aromatic heterocycles. The van der Waals surface area contributed by atoms with Crippen molar-refractivity contribution in [2.45, 2.75) is 47.0 Å². The van der Waals surface area contributed by atoms with Gasteiger partial charge in [0.05, 0.1) is 6.54 Å². The van der Waals surface area contributed by atoms with Gasteiger partial charge < -0.3 is 5.73 Å². The van der Waals surface area contributed by atoms with Crippen molar-refractivity contribution in [1.29, 1.82) is 0 Å². The van der Waals surface area contributed by atoms with Gasteiger partial charge in [0.1, 0.15) is 0 Å². The van der Waals surface area contributed by atoms with Crippen molar-refractivity contribution in [3.63, 3.8) is 0 Å². The summed E-state index contributed by atoms with van der Waals surface area (Å²) in [6, 6.07) is 0. The number of sulfonamides is 1. The monoisotopic (exact) mass is 560 g/mol. The van der Waals surface area contributed by atoms with E-state index in [1.807, 2.05) is 0 Å². The minimum atomic E-state index is -8.96. The maximum atomic E-state index is 13.5. The fourth-order valence-corrected chi connectivity index (χ4v) is 2.70. The zero-order valence-electron chi connectivity index (χ0n) is 14.5. The summed E-state index contributed by atoms with van der Waals surface area (Å²) in [6.45, 7) is -3.47. The van der Waals surface area contributed by atoms with Crippen LogP contribution in [0.15, 0.2) is 0 Å². The van der Waals surface area contributed by atoms with Crippen LogP contribution in [0.4, 0.5) is 79.1 Å². The van der Waals surface area contributed by atoms with Crippen molar-refractivity contribution in [1.82, 2.24) is 4.53 Å². The molecule has 0 aliphatic heterocycles. The van der Waals surface area contributed by atoms with Crippen LogP contribution in [-0.2, 0) is 10.0 Å². The van der Waals surface area contributed by atoms with Gasteiger partial charge in [0.15, 0.2) is 0 Å². The molecule has 0 bridgehead atoms. The Balaban J connectivity index is 6.96. The molecule has 23 heteroatoms. The summed E-state index contributed by atoms with van der Waals surface area (Å²) in [7, 11) is -7.90. The third kappa shape index (κ3) is 3.95. The van der Waals surface area contributed by atoms with E-state index >= 15 is 0 Å². The van der Waals surface area contributed by atoms with Crippen LogP contribution in [0, 0.1) is 0 Å². The van der Waals surface area contributed by atoms with Crippen LogP contribution >= 0.6 is 0 Å². The lowest BCUT2D eigenvalue weighted by Crippen LogP contribution is -2.75. The predicted octanol–water partition coefficient (Wildman–Crippen LogP) is 4.43. The van der Waals surface area contributed by atoms with Crippen LogP contribution in [0.2, 0.25) is 0 Å². The van der Waals surface area contributed by atoms with Crippen molar-refractivity contribution in [2.75, 3.05) is 13.1 Å². The number of alkyl halides is 17. The molecule has 0 aromatic carbocycles. The molecule has 4 nitrogen and oxygen atoms in total. The predicted molar refractivity (Wildman–Crippen MR) is 66.5 cm³/mol. The third-order valence-corrected chi connectivity index (χ3v) is 5.19. The molecule has 0 heterocycles. The molecule has 0 unspecified atom stereocenters. The Morgan fingerprint density at radius 2 is 0.818 bits per heavy atom. The highest BCUT2D eigenvalue weighted by molar-refractivity contribution is 7.90. The largest absolute Gasteiger partial charge is 0.460 e. The minimum Gasteiger partial charge on any atom is -0.329 e. The third-order valence-electron chi connectivity index (χ3n) is 3.58. The Hall–Kier alpha value is -1.39. The molecule has 0 saturated carbocycles. The zero-order valence-corrected chi connectivity index (χ0v) is 15.3. The van der Waals surface area contributed by atoms with Crippen LogP contribution < -0.4 is 5.73 Å². The van der Waals surface area contributed by atoms with E-state index in [0.29, 0.717) is 0 Å². The number of nitrogens with zero attached hydrogens (tertiary/aromatic N) is 1. The summed E-state index contributed by atoms with van der Waals surface area (Å²) in [6.07, 6.45) is -7.92. The molecule has 0 aliphatic rings. The van der Waals surface area contributed by atoms with Crippen molar-refractivity contribution in [3.05, 3.63) is 0 Å². The highest BCUT2D eigenvalue weighted by Crippen LogP contribution is 2.64. The Morgan fingerprint density at radius 3 is 1.09 bits per heavy atom. The number of hydrogen-bond donors (Lipinski definition) is 1. The quantitative estimate of drug-likeness (QED) is 0.318. The van der Waals surface area contributed by atoms with Gasteiger partial charge in [-0.2, -0.15) is 74.6 Å². The summed E-state index contributed by atoms with van der Waals surface area (Å²) >= 11 is 0. The topological polar surface area (TPSA) is 63.4 Å². The summed E-state index contributed by atoms with van der Waals surface area (Å²) in [5.74, 6) is -52.4. The summed E-state index contributed by atoms with van der Waals surface area (Å²) in [4.78, 5) is 0. The average molecular weight is 560 g/mol. The molecule has 0 fully saturated rings. The SMILES string of the molecule is NCCN(F)S(=O)(=O)C(F)(F)C(F)(F)C(F)(F)C(F)(F)C(F)(F)C(F)(F)C(F)(F)C(F)(F)F. The fraction of sp³-hybridized carbons (Fsp3) is 1.00. The molecule has 33 heavy (non-hydrogen) atoms. The standard InChI is InChI=1S/C10H6F18N2O2S/c11-3(12,5(15,16)7(19,20)9(23,24)25)4(13,14)6(17,18)8(21,22)10(26,27)33(31,32)30(28)2-1-29/h1-2,29H2. The van der Waals surface area contributed by atoms with E-state index in [1.165, 1.54) is 0 Å². The Morgan fingerprint density at radius 1 is 0.545 bits per heavy atom. The van der Waals surface area contributed by atoms with Crippen LogP contribution in [0.5, 0.6) is 0 Å². The molecule has 0 radical (unpaired) electrons. The highest BCUT2D eigenvalue weighted by atomic mass is 32.2. The molecule has 0 aromatic rings. The number of rotatable bonds is 10. The molecule has 0 saturated heterocycles. The first-order valence-corrected chi connectivity index (χ1v) is 8.52. The number of hydrogen-bond acceptors (Lipinski definition) is 3. The molecule has 0 spiro atoms.